The van der Waals surface area contributed by atoms with Gasteiger partial charge in [0, 0.05) is 12.5 Å². The molecule has 11 nitrogen and oxygen atoms in total. The van der Waals surface area contributed by atoms with Gasteiger partial charge >= 0.3 is 6.09 Å². The van der Waals surface area contributed by atoms with E-state index in [1.165, 1.54) is 4.90 Å². The van der Waals surface area contributed by atoms with E-state index < -0.39 is 67.5 Å². The lowest BCUT2D eigenvalue weighted by Gasteiger charge is -2.35. The predicted molar refractivity (Wildman–Crippen MR) is 155 cm³/mol. The van der Waals surface area contributed by atoms with Gasteiger partial charge in [0.1, 0.15) is 23.7 Å². The molecular formula is C30H46N4O7S. The Morgan fingerprint density at radius 1 is 1.05 bits per heavy atom. The van der Waals surface area contributed by atoms with E-state index in [1.807, 2.05) is 20.8 Å². The topological polar surface area (TPSA) is 151 Å². The third-order valence-corrected chi connectivity index (χ3v) is 12.0. The Kier molecular flexibility index (Phi) is 8.17. The molecule has 4 saturated carbocycles. The molecule has 1 heterocycles. The number of hydrogen-bond acceptors (Lipinski definition) is 7. The van der Waals surface area contributed by atoms with Gasteiger partial charge in [-0.3, -0.25) is 19.1 Å². The number of carbonyl (C=O) groups is 4. The summed E-state index contributed by atoms with van der Waals surface area (Å²) in [6.45, 7) is 9.61. The smallest absolute Gasteiger partial charge is 0.408 e. The minimum Gasteiger partial charge on any atom is -0.446 e. The molecule has 4 aliphatic carbocycles. The average Bonchev–Trinajstić information content (AvgIpc) is 3.88. The Labute approximate surface area is 249 Å². The van der Waals surface area contributed by atoms with Crippen molar-refractivity contribution >= 4 is 33.8 Å². The van der Waals surface area contributed by atoms with Crippen molar-refractivity contribution in [3.63, 3.8) is 0 Å². The SMILES string of the molecule is C=C[C@@H]1C[C@]1(NC(=O)[C@@H]1CCCN1C(=O)C(NC(=O)OC1CCCC1)C(C)(C)C)C(=O)NS(=O)(=O)C1(CC2CC2)CC1. The highest BCUT2D eigenvalue weighted by atomic mass is 32.2. The van der Waals surface area contributed by atoms with E-state index >= 15 is 0 Å². The van der Waals surface area contributed by atoms with Crippen LogP contribution in [0.15, 0.2) is 12.7 Å². The summed E-state index contributed by atoms with van der Waals surface area (Å²) in [6, 6.07) is -1.78. The largest absolute Gasteiger partial charge is 0.446 e. The number of carbonyl (C=O) groups excluding carboxylic acids is 4. The van der Waals surface area contributed by atoms with Crippen LogP contribution >= 0.6 is 0 Å². The van der Waals surface area contributed by atoms with Gasteiger partial charge < -0.3 is 20.3 Å². The van der Waals surface area contributed by atoms with Gasteiger partial charge in [0.2, 0.25) is 21.8 Å². The molecule has 0 spiro atoms. The molecule has 0 aromatic carbocycles. The summed E-state index contributed by atoms with van der Waals surface area (Å²) in [5, 5.41) is 5.57. The van der Waals surface area contributed by atoms with Crippen LogP contribution in [-0.4, -0.2) is 72.2 Å². The Balaban J connectivity index is 1.26. The van der Waals surface area contributed by atoms with Crippen molar-refractivity contribution in [1.82, 2.24) is 20.3 Å². The lowest BCUT2D eigenvalue weighted by Crippen LogP contribution is -2.60. The average molecular weight is 607 g/mol. The Hall–Kier alpha value is -2.63. The zero-order chi connectivity index (χ0) is 30.5. The highest BCUT2D eigenvalue weighted by Crippen LogP contribution is 2.53. The number of hydrogen-bond donors (Lipinski definition) is 3. The van der Waals surface area contributed by atoms with Crippen LogP contribution < -0.4 is 15.4 Å². The van der Waals surface area contributed by atoms with Crippen LogP contribution in [0.25, 0.3) is 0 Å². The van der Waals surface area contributed by atoms with Gasteiger partial charge in [-0.25, -0.2) is 13.2 Å². The van der Waals surface area contributed by atoms with E-state index in [2.05, 4.69) is 21.9 Å². The van der Waals surface area contributed by atoms with Gasteiger partial charge in [-0.1, -0.05) is 39.7 Å². The first-order valence-corrected chi connectivity index (χ1v) is 17.0. The second kappa shape index (κ2) is 11.1. The summed E-state index contributed by atoms with van der Waals surface area (Å²) in [5.74, 6) is -1.68. The maximum Gasteiger partial charge on any atom is 0.408 e. The fraction of sp³-hybridized carbons (Fsp3) is 0.800. The van der Waals surface area contributed by atoms with E-state index in [-0.39, 0.29) is 12.5 Å². The molecule has 0 aromatic heterocycles. The number of nitrogens with zero attached hydrogens (tertiary/aromatic N) is 1. The normalized spacial score (nSPS) is 29.4. The zero-order valence-electron chi connectivity index (χ0n) is 25.1. The van der Waals surface area contributed by atoms with Crippen molar-refractivity contribution in [3.8, 4) is 0 Å². The molecule has 4 amide bonds. The molecule has 1 unspecified atom stereocenters. The van der Waals surface area contributed by atoms with Crippen LogP contribution in [-0.2, 0) is 29.1 Å². The van der Waals surface area contributed by atoms with E-state index in [9.17, 15) is 27.6 Å². The van der Waals surface area contributed by atoms with Crippen molar-refractivity contribution in [2.75, 3.05) is 6.54 Å². The van der Waals surface area contributed by atoms with Gasteiger partial charge in [-0.2, -0.15) is 0 Å². The third-order valence-electron chi connectivity index (χ3n) is 9.80. The molecule has 0 aromatic rings. The Morgan fingerprint density at radius 2 is 1.71 bits per heavy atom. The van der Waals surface area contributed by atoms with Gasteiger partial charge in [0.25, 0.3) is 5.91 Å². The van der Waals surface area contributed by atoms with E-state index in [4.69, 9.17) is 4.74 Å². The predicted octanol–water partition coefficient (Wildman–Crippen LogP) is 2.90. The number of alkyl carbamates (subject to hydrolysis) is 1. The molecule has 0 radical (unpaired) electrons. The molecular weight excluding hydrogens is 560 g/mol. The molecule has 4 atom stereocenters. The van der Waals surface area contributed by atoms with Crippen LogP contribution in [0, 0.1) is 17.3 Å². The molecule has 3 N–H and O–H groups in total. The number of amides is 4. The zero-order valence-corrected chi connectivity index (χ0v) is 25.9. The number of sulfonamides is 1. The Morgan fingerprint density at radius 3 is 2.26 bits per heavy atom. The summed E-state index contributed by atoms with van der Waals surface area (Å²) in [5.41, 5.74) is -2.08. The summed E-state index contributed by atoms with van der Waals surface area (Å²) in [6.07, 6.45) is 9.25. The van der Waals surface area contributed by atoms with Crippen molar-refractivity contribution in [1.29, 1.82) is 0 Å². The summed E-state index contributed by atoms with van der Waals surface area (Å²) < 4.78 is 33.4. The fourth-order valence-corrected chi connectivity index (χ4v) is 8.39. The molecule has 1 saturated heterocycles. The van der Waals surface area contributed by atoms with Gasteiger partial charge in [-0.05, 0) is 75.5 Å². The van der Waals surface area contributed by atoms with Gasteiger partial charge in [0.15, 0.2) is 0 Å². The first kappa shape index (κ1) is 30.8. The van der Waals surface area contributed by atoms with E-state index in [1.54, 1.807) is 6.08 Å². The monoisotopic (exact) mass is 606 g/mol. The summed E-state index contributed by atoms with van der Waals surface area (Å²) in [7, 11) is -3.91. The molecule has 0 bridgehead atoms. The highest BCUT2D eigenvalue weighted by molar-refractivity contribution is 7.91. The van der Waals surface area contributed by atoms with Crippen LogP contribution in [0.2, 0.25) is 0 Å². The first-order valence-electron chi connectivity index (χ1n) is 15.5. The second-order valence-corrected chi connectivity index (χ2v) is 16.3. The number of likely N-dealkylation sites (tertiary alicyclic amines) is 1. The van der Waals surface area contributed by atoms with Crippen LogP contribution in [0.1, 0.15) is 97.8 Å². The van der Waals surface area contributed by atoms with Crippen molar-refractivity contribution in [3.05, 3.63) is 12.7 Å². The molecule has 1 aliphatic heterocycles. The van der Waals surface area contributed by atoms with Gasteiger partial charge in [-0.15, -0.1) is 6.58 Å². The summed E-state index contributed by atoms with van der Waals surface area (Å²) >= 11 is 0. The third kappa shape index (κ3) is 6.19. The van der Waals surface area contributed by atoms with E-state index in [0.717, 1.165) is 38.5 Å². The van der Waals surface area contributed by atoms with Crippen molar-refractivity contribution in [2.24, 2.45) is 17.3 Å². The maximum atomic E-state index is 13.8. The molecule has 5 rings (SSSR count). The van der Waals surface area contributed by atoms with E-state index in [0.29, 0.717) is 44.6 Å². The Bertz CT molecular complexity index is 1230. The molecule has 5 fully saturated rings. The van der Waals surface area contributed by atoms with Crippen LogP contribution in [0.5, 0.6) is 0 Å². The minimum absolute atomic E-state index is 0.156. The molecule has 234 valence electrons. The maximum absolute atomic E-state index is 13.8. The number of nitrogens with one attached hydrogen (secondary N) is 3. The number of rotatable bonds is 11. The molecule has 12 heteroatoms. The quantitative estimate of drug-likeness (QED) is 0.306. The standard InChI is InChI=1S/C30H46N4O7S/c1-5-20-18-30(20,26(37)33-42(39,40)29(14-15-29)17-19-12-13-19)32-24(35)22-11-8-16-34(22)25(36)23(28(2,3)4)31-27(38)41-21-9-6-7-10-21/h5,19-23H,1,6-18H2,2-4H3,(H,31,38)(H,32,35)(H,33,37)/t20-,22+,23?,30-/m1/s1. The number of ether oxygens (including phenoxy) is 1. The molecule has 42 heavy (non-hydrogen) atoms. The summed E-state index contributed by atoms with van der Waals surface area (Å²) in [4.78, 5) is 55.1. The van der Waals surface area contributed by atoms with Crippen molar-refractivity contribution < 1.29 is 32.3 Å². The first-order chi connectivity index (χ1) is 19.7. The van der Waals surface area contributed by atoms with Crippen LogP contribution in [0.3, 0.4) is 0 Å². The van der Waals surface area contributed by atoms with Crippen LogP contribution in [0.4, 0.5) is 4.79 Å². The lowest BCUT2D eigenvalue weighted by atomic mass is 9.85. The highest BCUT2D eigenvalue weighted by Gasteiger charge is 2.64. The lowest BCUT2D eigenvalue weighted by molar-refractivity contribution is -0.142. The molecule has 5 aliphatic rings. The van der Waals surface area contributed by atoms with Gasteiger partial charge in [0.05, 0.1) is 4.75 Å². The minimum atomic E-state index is -3.91. The fourth-order valence-electron chi connectivity index (χ4n) is 6.66. The van der Waals surface area contributed by atoms with Crippen molar-refractivity contribution in [2.45, 2.75) is 126 Å². The second-order valence-electron chi connectivity index (χ2n) is 14.2.